The minimum Gasteiger partial charge on any atom is -0.368 e. The molecule has 0 saturated carbocycles. The first-order chi connectivity index (χ1) is 9.72. The number of anilines is 2. The molecule has 0 atom stereocenters. The van der Waals surface area contributed by atoms with Crippen LogP contribution in [0.25, 0.3) is 0 Å². The van der Waals surface area contributed by atoms with Gasteiger partial charge in [-0.3, -0.25) is 0 Å². The van der Waals surface area contributed by atoms with Crippen molar-refractivity contribution in [2.75, 3.05) is 36.0 Å². The van der Waals surface area contributed by atoms with Crippen LogP contribution in [-0.4, -0.2) is 36.1 Å². The Bertz CT molecular complexity index is 580. The zero-order valence-electron chi connectivity index (χ0n) is 10.8. The Balaban J connectivity index is 1.66. The van der Waals surface area contributed by atoms with Gasteiger partial charge in [-0.25, -0.2) is 9.97 Å². The molecule has 1 aliphatic heterocycles. The summed E-state index contributed by atoms with van der Waals surface area (Å²) in [6, 6.07) is 7.95. The molecule has 0 unspecified atom stereocenters. The Morgan fingerprint density at radius 2 is 1.50 bits per heavy atom. The topological polar surface area (TPSA) is 32.3 Å². The van der Waals surface area contributed by atoms with E-state index in [1.807, 2.05) is 18.2 Å². The van der Waals surface area contributed by atoms with Crippen LogP contribution in [0.3, 0.4) is 0 Å². The SMILES string of the molecule is Clc1cnc(N2CCN(c3cccc(Cl)c3)CC2)nc1. The molecule has 0 spiro atoms. The summed E-state index contributed by atoms with van der Waals surface area (Å²) in [7, 11) is 0. The third-order valence-electron chi connectivity index (χ3n) is 3.34. The number of nitrogens with zero attached hydrogens (tertiary/aromatic N) is 4. The average Bonchev–Trinajstić information content (AvgIpc) is 2.48. The minimum absolute atomic E-state index is 0.561. The van der Waals surface area contributed by atoms with Gasteiger partial charge in [0, 0.05) is 36.9 Å². The lowest BCUT2D eigenvalue weighted by atomic mass is 10.2. The number of piperazine rings is 1. The Hall–Kier alpha value is -1.52. The minimum atomic E-state index is 0.561. The average molecular weight is 309 g/mol. The second-order valence-corrected chi connectivity index (χ2v) is 5.53. The van der Waals surface area contributed by atoms with Crippen LogP contribution in [0.5, 0.6) is 0 Å². The van der Waals surface area contributed by atoms with E-state index >= 15 is 0 Å². The fraction of sp³-hybridized carbons (Fsp3) is 0.286. The van der Waals surface area contributed by atoms with Crippen LogP contribution in [0.1, 0.15) is 0 Å². The standard InChI is InChI=1S/C14H14Cl2N4/c15-11-2-1-3-13(8-11)19-4-6-20(7-5-19)14-17-9-12(16)10-18-14/h1-3,8-10H,4-7H2. The van der Waals surface area contributed by atoms with E-state index in [1.165, 1.54) is 0 Å². The Labute approximate surface area is 128 Å². The molecule has 1 saturated heterocycles. The molecule has 0 aliphatic carbocycles. The van der Waals surface area contributed by atoms with Crippen molar-refractivity contribution in [3.8, 4) is 0 Å². The molecular formula is C14H14Cl2N4. The molecule has 104 valence electrons. The van der Waals surface area contributed by atoms with E-state index < -0.39 is 0 Å². The number of aromatic nitrogens is 2. The Morgan fingerprint density at radius 3 is 2.15 bits per heavy atom. The molecule has 0 radical (unpaired) electrons. The van der Waals surface area contributed by atoms with Gasteiger partial charge in [0.1, 0.15) is 0 Å². The van der Waals surface area contributed by atoms with Crippen LogP contribution in [0.2, 0.25) is 10.0 Å². The maximum atomic E-state index is 6.03. The van der Waals surface area contributed by atoms with E-state index in [4.69, 9.17) is 23.2 Å². The first kappa shape index (κ1) is 13.5. The second kappa shape index (κ2) is 5.85. The molecule has 2 heterocycles. The summed E-state index contributed by atoms with van der Waals surface area (Å²) in [4.78, 5) is 13.0. The van der Waals surface area contributed by atoms with Gasteiger partial charge in [0.25, 0.3) is 0 Å². The van der Waals surface area contributed by atoms with Crippen molar-refractivity contribution < 1.29 is 0 Å². The van der Waals surface area contributed by atoms with Gasteiger partial charge < -0.3 is 9.80 Å². The summed E-state index contributed by atoms with van der Waals surface area (Å²) in [6.07, 6.45) is 3.26. The molecule has 6 heteroatoms. The van der Waals surface area contributed by atoms with E-state index in [0.29, 0.717) is 5.02 Å². The summed E-state index contributed by atoms with van der Waals surface area (Å²) < 4.78 is 0. The van der Waals surface area contributed by atoms with Crippen molar-refractivity contribution in [3.63, 3.8) is 0 Å². The highest BCUT2D eigenvalue weighted by molar-refractivity contribution is 6.31. The Kier molecular flexibility index (Phi) is 3.94. The Morgan fingerprint density at radius 1 is 0.850 bits per heavy atom. The van der Waals surface area contributed by atoms with Gasteiger partial charge in [-0.1, -0.05) is 29.3 Å². The summed E-state index contributed by atoms with van der Waals surface area (Å²) in [5.74, 6) is 0.736. The summed E-state index contributed by atoms with van der Waals surface area (Å²) >= 11 is 11.8. The van der Waals surface area contributed by atoms with Crippen LogP contribution >= 0.6 is 23.2 Å². The first-order valence-electron chi connectivity index (χ1n) is 6.45. The number of hydrogen-bond donors (Lipinski definition) is 0. The lowest BCUT2D eigenvalue weighted by Crippen LogP contribution is -2.47. The number of halogens is 2. The molecule has 1 aromatic carbocycles. The largest absolute Gasteiger partial charge is 0.368 e. The van der Waals surface area contributed by atoms with Crippen molar-refractivity contribution in [1.29, 1.82) is 0 Å². The van der Waals surface area contributed by atoms with Crippen LogP contribution in [0.4, 0.5) is 11.6 Å². The number of hydrogen-bond acceptors (Lipinski definition) is 4. The van der Waals surface area contributed by atoms with Gasteiger partial charge >= 0.3 is 0 Å². The normalized spacial score (nSPS) is 15.5. The highest BCUT2D eigenvalue weighted by atomic mass is 35.5. The molecule has 20 heavy (non-hydrogen) atoms. The quantitative estimate of drug-likeness (QED) is 0.853. The van der Waals surface area contributed by atoms with E-state index in [-0.39, 0.29) is 0 Å². The van der Waals surface area contributed by atoms with Gasteiger partial charge in [-0.2, -0.15) is 0 Å². The van der Waals surface area contributed by atoms with Crippen LogP contribution in [0, 0.1) is 0 Å². The molecular weight excluding hydrogens is 295 g/mol. The smallest absolute Gasteiger partial charge is 0.225 e. The van der Waals surface area contributed by atoms with E-state index in [1.54, 1.807) is 12.4 Å². The van der Waals surface area contributed by atoms with Crippen LogP contribution in [-0.2, 0) is 0 Å². The fourth-order valence-corrected chi connectivity index (χ4v) is 2.59. The zero-order chi connectivity index (χ0) is 13.9. The van der Waals surface area contributed by atoms with Crippen molar-refractivity contribution >= 4 is 34.8 Å². The lowest BCUT2D eigenvalue weighted by Gasteiger charge is -2.36. The van der Waals surface area contributed by atoms with Crippen molar-refractivity contribution in [3.05, 3.63) is 46.7 Å². The van der Waals surface area contributed by atoms with Crippen molar-refractivity contribution in [2.24, 2.45) is 0 Å². The predicted octanol–water partition coefficient (Wildman–Crippen LogP) is 3.11. The monoisotopic (exact) mass is 308 g/mol. The van der Waals surface area contributed by atoms with E-state index in [2.05, 4.69) is 25.8 Å². The van der Waals surface area contributed by atoms with Gasteiger partial charge in [0.2, 0.25) is 5.95 Å². The first-order valence-corrected chi connectivity index (χ1v) is 7.21. The molecule has 1 fully saturated rings. The third kappa shape index (κ3) is 2.97. The zero-order valence-corrected chi connectivity index (χ0v) is 12.3. The molecule has 0 amide bonds. The molecule has 0 bridgehead atoms. The summed E-state index contributed by atoms with van der Waals surface area (Å²) in [5.41, 5.74) is 1.16. The van der Waals surface area contributed by atoms with E-state index in [0.717, 1.165) is 42.8 Å². The van der Waals surface area contributed by atoms with Gasteiger partial charge in [0.15, 0.2) is 0 Å². The van der Waals surface area contributed by atoms with E-state index in [9.17, 15) is 0 Å². The van der Waals surface area contributed by atoms with Gasteiger partial charge in [0.05, 0.1) is 17.4 Å². The number of benzene rings is 1. The molecule has 3 rings (SSSR count). The predicted molar refractivity (Wildman–Crippen MR) is 82.9 cm³/mol. The highest BCUT2D eigenvalue weighted by Crippen LogP contribution is 2.21. The second-order valence-electron chi connectivity index (χ2n) is 4.66. The van der Waals surface area contributed by atoms with Gasteiger partial charge in [-0.15, -0.1) is 0 Å². The lowest BCUT2D eigenvalue weighted by molar-refractivity contribution is 0.640. The maximum absolute atomic E-state index is 6.03. The fourth-order valence-electron chi connectivity index (χ4n) is 2.31. The van der Waals surface area contributed by atoms with Crippen LogP contribution in [0.15, 0.2) is 36.7 Å². The van der Waals surface area contributed by atoms with Crippen LogP contribution < -0.4 is 9.80 Å². The molecule has 1 aliphatic rings. The molecule has 1 aromatic heterocycles. The number of rotatable bonds is 2. The molecule has 2 aromatic rings. The van der Waals surface area contributed by atoms with Gasteiger partial charge in [-0.05, 0) is 18.2 Å². The van der Waals surface area contributed by atoms with Crippen molar-refractivity contribution in [1.82, 2.24) is 9.97 Å². The maximum Gasteiger partial charge on any atom is 0.225 e. The summed E-state index contributed by atoms with van der Waals surface area (Å²) in [6.45, 7) is 3.61. The molecule has 0 N–H and O–H groups in total. The highest BCUT2D eigenvalue weighted by Gasteiger charge is 2.19. The van der Waals surface area contributed by atoms with Crippen molar-refractivity contribution in [2.45, 2.75) is 0 Å². The third-order valence-corrected chi connectivity index (χ3v) is 3.77. The summed E-state index contributed by atoms with van der Waals surface area (Å²) in [5, 5.41) is 1.33. The molecule has 4 nitrogen and oxygen atoms in total.